The second-order valence-electron chi connectivity index (χ2n) is 6.84. The number of hydrogen-bond acceptors (Lipinski definition) is 6. The van der Waals surface area contributed by atoms with Gasteiger partial charge in [0.05, 0.1) is 17.9 Å². The van der Waals surface area contributed by atoms with Crippen LogP contribution < -0.4 is 0 Å². The number of nitrogens with zero attached hydrogens (tertiary/aromatic N) is 5. The van der Waals surface area contributed by atoms with Crippen molar-refractivity contribution in [1.29, 1.82) is 0 Å². The number of hydrogen-bond donors (Lipinski definition) is 0. The van der Waals surface area contributed by atoms with Crippen LogP contribution >= 0.6 is 11.8 Å². The molecule has 4 rings (SSSR count). The molecule has 0 aliphatic rings. The van der Waals surface area contributed by atoms with E-state index in [2.05, 4.69) is 20.4 Å². The monoisotopic (exact) mass is 409 g/mol. The Hall–Kier alpha value is -3.00. The summed E-state index contributed by atoms with van der Waals surface area (Å²) in [6.45, 7) is 4.53. The van der Waals surface area contributed by atoms with Gasteiger partial charge in [0.1, 0.15) is 5.82 Å². The second-order valence-corrected chi connectivity index (χ2v) is 7.78. The molecule has 6 nitrogen and oxygen atoms in total. The maximum atomic E-state index is 14.4. The van der Waals surface area contributed by atoms with E-state index in [0.717, 1.165) is 5.56 Å². The van der Waals surface area contributed by atoms with Gasteiger partial charge in [-0.1, -0.05) is 68.1 Å². The predicted octanol–water partition coefficient (Wildman–Crippen LogP) is 4.93. The Morgan fingerprint density at radius 3 is 2.45 bits per heavy atom. The lowest BCUT2D eigenvalue weighted by molar-refractivity contribution is 0.445. The zero-order valence-corrected chi connectivity index (χ0v) is 16.9. The first-order chi connectivity index (χ1) is 14.1. The minimum absolute atomic E-state index is 0.177. The molecule has 0 saturated carbocycles. The Kier molecular flexibility index (Phi) is 5.71. The van der Waals surface area contributed by atoms with Gasteiger partial charge in [-0.3, -0.25) is 4.57 Å². The lowest BCUT2D eigenvalue weighted by atomic mass is 10.2. The van der Waals surface area contributed by atoms with Crippen molar-refractivity contribution < 1.29 is 8.81 Å². The van der Waals surface area contributed by atoms with Crippen LogP contribution in [0.4, 0.5) is 4.39 Å². The van der Waals surface area contributed by atoms with Gasteiger partial charge in [0.2, 0.25) is 11.8 Å². The van der Waals surface area contributed by atoms with Crippen LogP contribution in [0.2, 0.25) is 0 Å². The molecule has 0 atom stereocenters. The summed E-state index contributed by atoms with van der Waals surface area (Å²) in [5.41, 5.74) is 1.49. The van der Waals surface area contributed by atoms with Crippen molar-refractivity contribution in [2.45, 2.75) is 37.2 Å². The van der Waals surface area contributed by atoms with Gasteiger partial charge in [0.25, 0.3) is 0 Å². The van der Waals surface area contributed by atoms with E-state index in [1.165, 1.54) is 17.8 Å². The first kappa shape index (κ1) is 19.3. The molecule has 8 heteroatoms. The highest BCUT2D eigenvalue weighted by Gasteiger charge is 2.19. The van der Waals surface area contributed by atoms with Crippen molar-refractivity contribution in [1.82, 2.24) is 25.0 Å². The standard InChI is InChI=1S/C21H20FN5OS/c1-14(2)20-25-23-18(28-20)13-29-21-26-24-19(16-10-6-7-11-17(16)22)27(21)12-15-8-4-3-5-9-15/h3-11,14H,12-13H2,1-2H3. The number of thioether (sulfide) groups is 1. The normalized spacial score (nSPS) is 11.3. The van der Waals surface area contributed by atoms with Gasteiger partial charge in [-0.2, -0.15) is 0 Å². The third-order valence-corrected chi connectivity index (χ3v) is 5.27. The van der Waals surface area contributed by atoms with Crippen molar-refractivity contribution in [2.75, 3.05) is 0 Å². The molecule has 0 N–H and O–H groups in total. The molecule has 0 spiro atoms. The summed E-state index contributed by atoms with van der Waals surface area (Å²) in [7, 11) is 0. The van der Waals surface area contributed by atoms with Crippen molar-refractivity contribution in [3.05, 3.63) is 77.8 Å². The fourth-order valence-electron chi connectivity index (χ4n) is 2.83. The average molecular weight is 409 g/mol. The van der Waals surface area contributed by atoms with E-state index in [0.29, 0.717) is 40.6 Å². The Balaban J connectivity index is 1.64. The summed E-state index contributed by atoms with van der Waals surface area (Å²) >= 11 is 1.44. The maximum Gasteiger partial charge on any atom is 0.226 e. The van der Waals surface area contributed by atoms with Gasteiger partial charge in [0, 0.05) is 5.92 Å². The van der Waals surface area contributed by atoms with Crippen LogP contribution in [-0.4, -0.2) is 25.0 Å². The molecule has 0 radical (unpaired) electrons. The highest BCUT2D eigenvalue weighted by molar-refractivity contribution is 7.98. The van der Waals surface area contributed by atoms with Gasteiger partial charge in [-0.25, -0.2) is 4.39 Å². The zero-order valence-electron chi connectivity index (χ0n) is 16.1. The third kappa shape index (κ3) is 4.37. The molecule has 0 aliphatic heterocycles. The van der Waals surface area contributed by atoms with Crippen molar-refractivity contribution >= 4 is 11.8 Å². The average Bonchev–Trinajstić information content (AvgIpc) is 3.35. The zero-order chi connectivity index (χ0) is 20.2. The Bertz CT molecular complexity index is 1090. The Morgan fingerprint density at radius 1 is 0.966 bits per heavy atom. The first-order valence-electron chi connectivity index (χ1n) is 9.29. The van der Waals surface area contributed by atoms with Crippen LogP contribution in [0.1, 0.15) is 37.1 Å². The Morgan fingerprint density at radius 2 is 1.72 bits per heavy atom. The molecule has 0 aliphatic carbocycles. The van der Waals surface area contributed by atoms with Crippen LogP contribution in [0.5, 0.6) is 0 Å². The van der Waals surface area contributed by atoms with Gasteiger partial charge in [0.15, 0.2) is 11.0 Å². The number of aromatic nitrogens is 5. The van der Waals surface area contributed by atoms with E-state index in [-0.39, 0.29) is 11.7 Å². The predicted molar refractivity (Wildman–Crippen MR) is 109 cm³/mol. The summed E-state index contributed by atoms with van der Waals surface area (Å²) in [5, 5.41) is 17.4. The van der Waals surface area contributed by atoms with E-state index in [9.17, 15) is 4.39 Å². The smallest absolute Gasteiger partial charge is 0.226 e. The summed E-state index contributed by atoms with van der Waals surface area (Å²) in [5.74, 6) is 1.94. The molecule has 0 bridgehead atoms. The highest BCUT2D eigenvalue weighted by atomic mass is 32.2. The van der Waals surface area contributed by atoms with Gasteiger partial charge in [-0.05, 0) is 17.7 Å². The van der Waals surface area contributed by atoms with Crippen molar-refractivity contribution in [3.63, 3.8) is 0 Å². The molecule has 4 aromatic rings. The first-order valence-corrected chi connectivity index (χ1v) is 10.3. The second kappa shape index (κ2) is 8.57. The van der Waals surface area contributed by atoms with Crippen molar-refractivity contribution in [2.24, 2.45) is 0 Å². The molecular formula is C21H20FN5OS. The summed E-state index contributed by atoms with van der Waals surface area (Å²) < 4.78 is 22.0. The number of rotatable bonds is 7. The molecule has 0 unspecified atom stereocenters. The molecule has 0 fully saturated rings. The fraction of sp³-hybridized carbons (Fsp3) is 0.238. The van der Waals surface area contributed by atoms with Crippen LogP contribution in [-0.2, 0) is 12.3 Å². The van der Waals surface area contributed by atoms with E-state index in [1.807, 2.05) is 48.7 Å². The molecular weight excluding hydrogens is 389 g/mol. The van der Waals surface area contributed by atoms with Crippen LogP contribution in [0.25, 0.3) is 11.4 Å². The number of halogens is 1. The third-order valence-electron chi connectivity index (χ3n) is 4.32. The summed E-state index contributed by atoms with van der Waals surface area (Å²) in [6, 6.07) is 16.5. The molecule has 0 saturated heterocycles. The molecule has 29 heavy (non-hydrogen) atoms. The quantitative estimate of drug-likeness (QED) is 0.403. The van der Waals surface area contributed by atoms with Gasteiger partial charge in [-0.15, -0.1) is 20.4 Å². The SMILES string of the molecule is CC(C)c1nnc(CSc2nnc(-c3ccccc3F)n2Cc2ccccc2)o1. The van der Waals surface area contributed by atoms with E-state index in [4.69, 9.17) is 4.42 Å². The summed E-state index contributed by atoms with van der Waals surface area (Å²) in [6.07, 6.45) is 0. The molecule has 2 heterocycles. The number of benzene rings is 2. The molecule has 0 amide bonds. The van der Waals surface area contributed by atoms with Crippen molar-refractivity contribution in [3.8, 4) is 11.4 Å². The highest BCUT2D eigenvalue weighted by Crippen LogP contribution is 2.28. The van der Waals surface area contributed by atoms with Crippen LogP contribution in [0.15, 0.2) is 64.2 Å². The molecule has 2 aromatic carbocycles. The van der Waals surface area contributed by atoms with Gasteiger partial charge < -0.3 is 4.42 Å². The van der Waals surface area contributed by atoms with Gasteiger partial charge >= 0.3 is 0 Å². The largest absolute Gasteiger partial charge is 0.424 e. The van der Waals surface area contributed by atoms with Crippen LogP contribution in [0.3, 0.4) is 0 Å². The summed E-state index contributed by atoms with van der Waals surface area (Å²) in [4.78, 5) is 0. The minimum Gasteiger partial charge on any atom is -0.424 e. The van der Waals surface area contributed by atoms with E-state index in [1.54, 1.807) is 18.2 Å². The fourth-order valence-corrected chi connectivity index (χ4v) is 3.60. The van der Waals surface area contributed by atoms with E-state index >= 15 is 0 Å². The molecule has 148 valence electrons. The minimum atomic E-state index is -0.329. The topological polar surface area (TPSA) is 69.6 Å². The van der Waals surface area contributed by atoms with Crippen LogP contribution in [0, 0.1) is 5.82 Å². The maximum absolute atomic E-state index is 14.4. The molecule has 2 aromatic heterocycles. The lowest BCUT2D eigenvalue weighted by Crippen LogP contribution is -2.05. The lowest BCUT2D eigenvalue weighted by Gasteiger charge is -2.10. The van der Waals surface area contributed by atoms with E-state index < -0.39 is 0 Å². The Labute approximate surface area is 172 Å².